The predicted octanol–water partition coefficient (Wildman–Crippen LogP) is 3.79. The van der Waals surface area contributed by atoms with Crippen LogP contribution in [-0.4, -0.2) is 19.6 Å². The summed E-state index contributed by atoms with van der Waals surface area (Å²) in [7, 11) is 0. The summed E-state index contributed by atoms with van der Waals surface area (Å²) in [6.07, 6.45) is -1.28. The van der Waals surface area contributed by atoms with Gasteiger partial charge in [0.2, 0.25) is 0 Å². The van der Waals surface area contributed by atoms with Crippen LogP contribution in [-0.2, 0) is 5.54 Å². The molecule has 4 rings (SSSR count). The Balaban J connectivity index is 1.78. The number of aliphatic hydroxyl groups is 1. The van der Waals surface area contributed by atoms with E-state index < -0.39 is 24.0 Å². The highest BCUT2D eigenvalue weighted by Gasteiger charge is 2.40. The molecule has 6 nitrogen and oxygen atoms in total. The minimum Gasteiger partial charge on any atom is -0.369 e. The SMILES string of the molecule is Cc1nc(N[C@H](O)c2cccc(C(F)F)c2F)c2cn(C3(C)CC3)c(=O)cc2n1. The molecule has 2 heterocycles. The molecule has 0 bridgehead atoms. The first kappa shape index (κ1) is 19.4. The summed E-state index contributed by atoms with van der Waals surface area (Å²) in [6, 6.07) is 4.83. The molecule has 0 unspecified atom stereocenters. The number of rotatable bonds is 5. The number of aryl methyl sites for hydroxylation is 1. The van der Waals surface area contributed by atoms with Gasteiger partial charge in [-0.05, 0) is 26.7 Å². The molecule has 0 saturated heterocycles. The van der Waals surface area contributed by atoms with Crippen molar-refractivity contribution >= 4 is 16.7 Å². The number of pyridine rings is 1. The first-order chi connectivity index (χ1) is 13.7. The molecule has 29 heavy (non-hydrogen) atoms. The number of hydrogen-bond donors (Lipinski definition) is 2. The van der Waals surface area contributed by atoms with Gasteiger partial charge in [0.1, 0.15) is 17.5 Å². The third-order valence-corrected chi connectivity index (χ3v) is 5.26. The van der Waals surface area contributed by atoms with Crippen molar-refractivity contribution in [2.75, 3.05) is 5.32 Å². The average Bonchev–Trinajstić information content (AvgIpc) is 3.39. The monoisotopic (exact) mass is 404 g/mol. The van der Waals surface area contributed by atoms with Crippen molar-refractivity contribution in [1.29, 1.82) is 0 Å². The van der Waals surface area contributed by atoms with Crippen molar-refractivity contribution in [1.82, 2.24) is 14.5 Å². The van der Waals surface area contributed by atoms with Gasteiger partial charge < -0.3 is 15.0 Å². The largest absolute Gasteiger partial charge is 0.369 e. The Bertz CT molecular complexity index is 1160. The smallest absolute Gasteiger partial charge is 0.266 e. The zero-order valence-electron chi connectivity index (χ0n) is 15.8. The van der Waals surface area contributed by atoms with E-state index in [1.807, 2.05) is 6.92 Å². The van der Waals surface area contributed by atoms with Crippen LogP contribution in [0.3, 0.4) is 0 Å². The van der Waals surface area contributed by atoms with Gasteiger partial charge in [0.05, 0.1) is 16.5 Å². The quantitative estimate of drug-likeness (QED) is 0.633. The fourth-order valence-electron chi connectivity index (χ4n) is 3.33. The van der Waals surface area contributed by atoms with Crippen LogP contribution in [0.25, 0.3) is 10.9 Å². The lowest BCUT2D eigenvalue weighted by molar-refractivity contribution is 0.144. The Kier molecular flexibility index (Phi) is 4.57. The minimum absolute atomic E-state index is 0.180. The number of hydrogen-bond acceptors (Lipinski definition) is 5. The normalized spacial score (nSPS) is 16.2. The summed E-state index contributed by atoms with van der Waals surface area (Å²) in [5.74, 6) is -0.663. The predicted molar refractivity (Wildman–Crippen MR) is 101 cm³/mol. The lowest BCUT2D eigenvalue weighted by atomic mass is 10.1. The van der Waals surface area contributed by atoms with Crippen molar-refractivity contribution in [3.8, 4) is 0 Å². The molecule has 1 aliphatic carbocycles. The molecule has 1 aromatic carbocycles. The molecule has 2 N–H and O–H groups in total. The van der Waals surface area contributed by atoms with Crippen LogP contribution in [0.5, 0.6) is 0 Å². The summed E-state index contributed by atoms with van der Waals surface area (Å²) < 4.78 is 41.9. The lowest BCUT2D eigenvalue weighted by Crippen LogP contribution is -2.27. The number of benzene rings is 1. The van der Waals surface area contributed by atoms with Crippen molar-refractivity contribution < 1.29 is 18.3 Å². The van der Waals surface area contributed by atoms with E-state index in [-0.39, 0.29) is 22.5 Å². The van der Waals surface area contributed by atoms with Crippen LogP contribution >= 0.6 is 0 Å². The molecule has 1 fully saturated rings. The third-order valence-electron chi connectivity index (χ3n) is 5.26. The summed E-state index contributed by atoms with van der Waals surface area (Å²) in [5.41, 5.74) is -1.21. The fourth-order valence-corrected chi connectivity index (χ4v) is 3.33. The van der Waals surface area contributed by atoms with E-state index in [1.54, 1.807) is 17.7 Å². The van der Waals surface area contributed by atoms with Gasteiger partial charge in [0.25, 0.3) is 12.0 Å². The lowest BCUT2D eigenvalue weighted by Gasteiger charge is -2.19. The molecule has 1 aliphatic rings. The first-order valence-corrected chi connectivity index (χ1v) is 9.12. The van der Waals surface area contributed by atoms with Gasteiger partial charge in [0.15, 0.2) is 6.23 Å². The Morgan fingerprint density at radius 1 is 1.24 bits per heavy atom. The zero-order valence-corrected chi connectivity index (χ0v) is 15.8. The van der Waals surface area contributed by atoms with E-state index in [4.69, 9.17) is 0 Å². The highest BCUT2D eigenvalue weighted by Crippen LogP contribution is 2.42. The molecule has 3 aromatic rings. The zero-order chi connectivity index (χ0) is 20.9. The van der Waals surface area contributed by atoms with Crippen LogP contribution in [0.2, 0.25) is 0 Å². The number of nitrogens with one attached hydrogen (secondary N) is 1. The third kappa shape index (κ3) is 3.46. The summed E-state index contributed by atoms with van der Waals surface area (Å²) in [5, 5.41) is 13.6. The van der Waals surface area contributed by atoms with E-state index in [0.29, 0.717) is 16.7 Å². The number of anilines is 1. The van der Waals surface area contributed by atoms with Gasteiger partial charge in [0, 0.05) is 23.4 Å². The molecular weight excluding hydrogens is 385 g/mol. The van der Waals surface area contributed by atoms with Crippen molar-refractivity contribution in [3.05, 3.63) is 63.6 Å². The molecule has 0 aliphatic heterocycles. The molecule has 1 saturated carbocycles. The molecule has 152 valence electrons. The maximum absolute atomic E-state index is 14.4. The molecule has 9 heteroatoms. The van der Waals surface area contributed by atoms with Crippen LogP contribution in [0.1, 0.15) is 49.4 Å². The number of aliphatic hydroxyl groups excluding tert-OH is 1. The molecule has 1 atom stereocenters. The molecule has 0 spiro atoms. The van der Waals surface area contributed by atoms with Crippen molar-refractivity contribution in [3.63, 3.8) is 0 Å². The average molecular weight is 404 g/mol. The summed E-state index contributed by atoms with van der Waals surface area (Å²) in [6.45, 7) is 3.57. The van der Waals surface area contributed by atoms with Gasteiger partial charge in [-0.25, -0.2) is 23.1 Å². The second-order valence-corrected chi connectivity index (χ2v) is 7.49. The second-order valence-electron chi connectivity index (χ2n) is 7.49. The van der Waals surface area contributed by atoms with Crippen molar-refractivity contribution in [2.45, 2.75) is 44.9 Å². The van der Waals surface area contributed by atoms with Crippen LogP contribution in [0.4, 0.5) is 19.0 Å². The molecule has 0 amide bonds. The molecule has 0 radical (unpaired) electrons. The Hall–Kier alpha value is -2.94. The van der Waals surface area contributed by atoms with Gasteiger partial charge in [-0.2, -0.15) is 0 Å². The van der Waals surface area contributed by atoms with E-state index in [2.05, 4.69) is 15.3 Å². The minimum atomic E-state index is -3.00. The van der Waals surface area contributed by atoms with Crippen LogP contribution in [0, 0.1) is 12.7 Å². The highest BCUT2D eigenvalue weighted by molar-refractivity contribution is 5.88. The van der Waals surface area contributed by atoms with Gasteiger partial charge in [-0.3, -0.25) is 4.79 Å². The van der Waals surface area contributed by atoms with E-state index in [0.717, 1.165) is 18.9 Å². The number of fused-ring (bicyclic) bond motifs is 1. The standard InChI is InChI=1S/C20H19F3N4O2/c1-10-24-14-8-15(28)27(20(2)6-7-20)9-13(14)18(25-10)26-19(29)12-5-3-4-11(16(12)21)17(22)23/h3-5,8-9,17,19,29H,6-7H2,1-2H3,(H,24,25,26)/t19-/m1/s1. The number of aromatic nitrogens is 3. The number of halogens is 3. The summed E-state index contributed by atoms with van der Waals surface area (Å²) in [4.78, 5) is 21.0. The van der Waals surface area contributed by atoms with Gasteiger partial charge in [-0.1, -0.05) is 18.2 Å². The first-order valence-electron chi connectivity index (χ1n) is 9.12. The Morgan fingerprint density at radius 2 is 1.93 bits per heavy atom. The maximum Gasteiger partial charge on any atom is 0.266 e. The van der Waals surface area contributed by atoms with Gasteiger partial charge >= 0.3 is 0 Å². The number of alkyl halides is 2. The van der Waals surface area contributed by atoms with E-state index in [9.17, 15) is 23.1 Å². The summed E-state index contributed by atoms with van der Waals surface area (Å²) >= 11 is 0. The second kappa shape index (κ2) is 6.84. The van der Waals surface area contributed by atoms with E-state index in [1.165, 1.54) is 18.2 Å². The molecular formula is C20H19F3N4O2. The van der Waals surface area contributed by atoms with Crippen LogP contribution < -0.4 is 10.9 Å². The molecule has 2 aromatic heterocycles. The highest BCUT2D eigenvalue weighted by atomic mass is 19.3. The fraction of sp³-hybridized carbons (Fsp3) is 0.350. The van der Waals surface area contributed by atoms with Crippen molar-refractivity contribution in [2.24, 2.45) is 0 Å². The number of nitrogens with zero attached hydrogens (tertiary/aromatic N) is 3. The van der Waals surface area contributed by atoms with Crippen LogP contribution in [0.15, 0.2) is 35.3 Å². The topological polar surface area (TPSA) is 80.0 Å². The Morgan fingerprint density at radius 3 is 2.59 bits per heavy atom. The maximum atomic E-state index is 14.4. The van der Waals surface area contributed by atoms with Gasteiger partial charge in [-0.15, -0.1) is 0 Å². The Labute approximate surface area is 164 Å². The van der Waals surface area contributed by atoms with E-state index >= 15 is 0 Å².